The van der Waals surface area contributed by atoms with Crippen molar-refractivity contribution < 1.29 is 14.3 Å². The molecular formula is C16H23ClN2O3. The lowest BCUT2D eigenvalue weighted by Gasteiger charge is -2.22. The van der Waals surface area contributed by atoms with Gasteiger partial charge in [-0.3, -0.25) is 4.79 Å². The third kappa shape index (κ3) is 4.60. The van der Waals surface area contributed by atoms with Crippen LogP contribution in [-0.4, -0.2) is 49.8 Å². The van der Waals surface area contributed by atoms with E-state index in [-0.39, 0.29) is 12.0 Å². The molecule has 1 aliphatic rings. The van der Waals surface area contributed by atoms with Crippen LogP contribution in [0.1, 0.15) is 30.1 Å². The van der Waals surface area contributed by atoms with E-state index in [4.69, 9.17) is 26.8 Å². The molecule has 22 heavy (non-hydrogen) atoms. The summed E-state index contributed by atoms with van der Waals surface area (Å²) in [6.07, 6.45) is 1.67. The van der Waals surface area contributed by atoms with Crippen LogP contribution in [0.5, 0.6) is 5.75 Å². The number of nitrogens with two attached hydrogens (primary N) is 1. The standard InChI is InChI=1S/C16H23ClN2O3/c1-12-11-19(7-3-9-21-12)16(20)13-4-5-15(14(17)10-13)22-8-2-6-18/h4-5,10,12H,2-3,6-9,11,18H2,1H3/t12-/m0/s1. The molecule has 6 heteroatoms. The highest BCUT2D eigenvalue weighted by Crippen LogP contribution is 2.26. The number of ether oxygens (including phenoxy) is 2. The third-order valence-corrected chi connectivity index (χ3v) is 3.82. The first-order valence-electron chi connectivity index (χ1n) is 7.65. The van der Waals surface area contributed by atoms with E-state index in [1.807, 2.05) is 11.8 Å². The second kappa shape index (κ2) is 8.36. The monoisotopic (exact) mass is 326 g/mol. The van der Waals surface area contributed by atoms with Crippen LogP contribution in [0.15, 0.2) is 18.2 Å². The van der Waals surface area contributed by atoms with Gasteiger partial charge in [0.15, 0.2) is 0 Å². The smallest absolute Gasteiger partial charge is 0.253 e. The quantitative estimate of drug-likeness (QED) is 0.843. The molecule has 5 nitrogen and oxygen atoms in total. The van der Waals surface area contributed by atoms with Crippen LogP contribution in [0.3, 0.4) is 0 Å². The summed E-state index contributed by atoms with van der Waals surface area (Å²) in [5.41, 5.74) is 6.00. The molecule has 1 saturated heterocycles. The highest BCUT2D eigenvalue weighted by Gasteiger charge is 2.21. The number of carbonyl (C=O) groups is 1. The molecule has 0 spiro atoms. The van der Waals surface area contributed by atoms with Crippen LogP contribution in [0.4, 0.5) is 0 Å². The lowest BCUT2D eigenvalue weighted by Crippen LogP contribution is -2.35. The summed E-state index contributed by atoms with van der Waals surface area (Å²) in [4.78, 5) is 14.4. The minimum atomic E-state index is -0.0206. The Balaban J connectivity index is 2.04. The minimum absolute atomic E-state index is 0.0206. The first-order chi connectivity index (χ1) is 10.6. The first kappa shape index (κ1) is 17.1. The Morgan fingerprint density at radius 1 is 1.55 bits per heavy atom. The second-order valence-electron chi connectivity index (χ2n) is 5.42. The fourth-order valence-corrected chi connectivity index (χ4v) is 2.61. The second-order valence-corrected chi connectivity index (χ2v) is 5.83. The van der Waals surface area contributed by atoms with Gasteiger partial charge in [-0.2, -0.15) is 0 Å². The van der Waals surface area contributed by atoms with E-state index in [0.717, 1.165) is 12.8 Å². The van der Waals surface area contributed by atoms with Gasteiger partial charge in [0, 0.05) is 25.3 Å². The van der Waals surface area contributed by atoms with E-state index >= 15 is 0 Å². The molecule has 0 aliphatic carbocycles. The zero-order valence-electron chi connectivity index (χ0n) is 12.9. The fourth-order valence-electron chi connectivity index (χ4n) is 2.38. The summed E-state index contributed by atoms with van der Waals surface area (Å²) in [5.74, 6) is 0.562. The fraction of sp³-hybridized carbons (Fsp3) is 0.562. The molecule has 1 aliphatic heterocycles. The van der Waals surface area contributed by atoms with Crippen molar-refractivity contribution in [1.29, 1.82) is 0 Å². The lowest BCUT2D eigenvalue weighted by molar-refractivity contribution is 0.0562. The Morgan fingerprint density at radius 3 is 3.09 bits per heavy atom. The van der Waals surface area contributed by atoms with Gasteiger partial charge in [-0.1, -0.05) is 11.6 Å². The highest BCUT2D eigenvalue weighted by atomic mass is 35.5. The van der Waals surface area contributed by atoms with Crippen LogP contribution in [0.2, 0.25) is 5.02 Å². The highest BCUT2D eigenvalue weighted by molar-refractivity contribution is 6.32. The van der Waals surface area contributed by atoms with Crippen molar-refractivity contribution in [3.05, 3.63) is 28.8 Å². The molecule has 122 valence electrons. The Morgan fingerprint density at radius 2 is 2.36 bits per heavy atom. The molecule has 0 aromatic heterocycles. The van der Waals surface area contributed by atoms with Crippen molar-refractivity contribution in [1.82, 2.24) is 4.90 Å². The maximum absolute atomic E-state index is 12.6. The SMILES string of the molecule is C[C@H]1CN(C(=O)c2ccc(OCCCN)c(Cl)c2)CCCO1. The summed E-state index contributed by atoms with van der Waals surface area (Å²) in [7, 11) is 0. The summed E-state index contributed by atoms with van der Waals surface area (Å²) in [5, 5.41) is 0.446. The lowest BCUT2D eigenvalue weighted by atomic mass is 10.1. The average Bonchev–Trinajstić information content (AvgIpc) is 2.73. The summed E-state index contributed by atoms with van der Waals surface area (Å²) < 4.78 is 11.1. The number of amides is 1. The zero-order chi connectivity index (χ0) is 15.9. The molecule has 2 N–H and O–H groups in total. The third-order valence-electron chi connectivity index (χ3n) is 3.52. The van der Waals surface area contributed by atoms with E-state index in [1.54, 1.807) is 18.2 Å². The summed E-state index contributed by atoms with van der Waals surface area (Å²) >= 11 is 6.20. The topological polar surface area (TPSA) is 64.8 Å². The van der Waals surface area contributed by atoms with Crippen molar-refractivity contribution in [3.63, 3.8) is 0 Å². The van der Waals surface area contributed by atoms with Crippen LogP contribution in [-0.2, 0) is 4.74 Å². The Labute approximate surface area is 136 Å². The number of hydrogen-bond acceptors (Lipinski definition) is 4. The van der Waals surface area contributed by atoms with Crippen LogP contribution < -0.4 is 10.5 Å². The number of benzene rings is 1. The predicted octanol–water partition coefficient (Wildman–Crippen LogP) is 2.32. The Hall–Kier alpha value is -1.30. The van der Waals surface area contributed by atoms with E-state index in [9.17, 15) is 4.79 Å². The van der Waals surface area contributed by atoms with Gasteiger partial charge in [0.1, 0.15) is 5.75 Å². The van der Waals surface area contributed by atoms with Crippen LogP contribution >= 0.6 is 11.6 Å². The maximum atomic E-state index is 12.6. The van der Waals surface area contributed by atoms with Gasteiger partial charge in [-0.25, -0.2) is 0 Å². The molecule has 1 aromatic rings. The molecule has 1 fully saturated rings. The molecule has 1 aromatic carbocycles. The van der Waals surface area contributed by atoms with Gasteiger partial charge in [0.2, 0.25) is 0 Å². The van der Waals surface area contributed by atoms with E-state index in [0.29, 0.717) is 49.2 Å². The Kier molecular flexibility index (Phi) is 6.49. The number of rotatable bonds is 5. The number of carbonyl (C=O) groups excluding carboxylic acids is 1. The van der Waals surface area contributed by atoms with Crippen molar-refractivity contribution in [2.24, 2.45) is 5.73 Å². The van der Waals surface area contributed by atoms with E-state index in [1.165, 1.54) is 0 Å². The van der Waals surface area contributed by atoms with Crippen molar-refractivity contribution >= 4 is 17.5 Å². The molecule has 0 radical (unpaired) electrons. The van der Waals surface area contributed by atoms with Gasteiger partial charge < -0.3 is 20.1 Å². The minimum Gasteiger partial charge on any atom is -0.492 e. The van der Waals surface area contributed by atoms with Crippen molar-refractivity contribution in [2.75, 3.05) is 32.8 Å². The molecule has 0 saturated carbocycles. The molecule has 1 atom stereocenters. The maximum Gasteiger partial charge on any atom is 0.253 e. The van der Waals surface area contributed by atoms with Gasteiger partial charge in [-0.05, 0) is 44.5 Å². The van der Waals surface area contributed by atoms with E-state index in [2.05, 4.69) is 0 Å². The zero-order valence-corrected chi connectivity index (χ0v) is 13.6. The van der Waals surface area contributed by atoms with Gasteiger partial charge in [-0.15, -0.1) is 0 Å². The molecule has 1 amide bonds. The van der Waals surface area contributed by atoms with E-state index < -0.39 is 0 Å². The van der Waals surface area contributed by atoms with Gasteiger partial charge in [0.25, 0.3) is 5.91 Å². The molecule has 0 bridgehead atoms. The molecule has 2 rings (SSSR count). The Bertz CT molecular complexity index is 510. The summed E-state index contributed by atoms with van der Waals surface area (Å²) in [6, 6.07) is 5.16. The average molecular weight is 327 g/mol. The van der Waals surface area contributed by atoms with Crippen LogP contribution in [0, 0.1) is 0 Å². The normalized spacial score (nSPS) is 18.9. The number of nitrogens with zero attached hydrogens (tertiary/aromatic N) is 1. The van der Waals surface area contributed by atoms with Crippen LogP contribution in [0.25, 0.3) is 0 Å². The number of halogens is 1. The largest absolute Gasteiger partial charge is 0.492 e. The van der Waals surface area contributed by atoms with Crippen molar-refractivity contribution in [3.8, 4) is 5.75 Å². The molecule has 1 heterocycles. The van der Waals surface area contributed by atoms with Crippen molar-refractivity contribution in [2.45, 2.75) is 25.9 Å². The summed E-state index contributed by atoms with van der Waals surface area (Å²) in [6.45, 7) is 5.07. The molecular weight excluding hydrogens is 304 g/mol. The molecule has 0 unspecified atom stereocenters. The number of hydrogen-bond donors (Lipinski definition) is 1. The predicted molar refractivity (Wildman–Crippen MR) is 86.6 cm³/mol. The van der Waals surface area contributed by atoms with Gasteiger partial charge >= 0.3 is 0 Å². The van der Waals surface area contributed by atoms with Gasteiger partial charge in [0.05, 0.1) is 17.7 Å². The first-order valence-corrected chi connectivity index (χ1v) is 8.03.